The molecule has 2 amide bonds. The second-order valence-electron chi connectivity index (χ2n) is 4.79. The zero-order chi connectivity index (χ0) is 16.2. The number of rotatable bonds is 5. The predicted molar refractivity (Wildman–Crippen MR) is 78.7 cm³/mol. The molecular formula is C13H14Cl2N2O4. The fourth-order valence-electron chi connectivity index (χ4n) is 1.35. The average molecular weight is 333 g/mol. The Kier molecular flexibility index (Phi) is 5.57. The average Bonchev–Trinajstić information content (AvgIpc) is 2.38. The van der Waals surface area contributed by atoms with Crippen LogP contribution in [0.4, 0.5) is 0 Å². The highest BCUT2D eigenvalue weighted by Gasteiger charge is 2.28. The minimum atomic E-state index is -1.41. The lowest BCUT2D eigenvalue weighted by Gasteiger charge is -2.21. The molecule has 0 fully saturated rings. The molecule has 0 saturated carbocycles. The number of nitrogens with one attached hydrogen (secondary N) is 2. The lowest BCUT2D eigenvalue weighted by molar-refractivity contribution is -0.145. The molecule has 1 aromatic rings. The first kappa shape index (κ1) is 17.3. The van der Waals surface area contributed by atoms with E-state index in [0.29, 0.717) is 5.02 Å². The van der Waals surface area contributed by atoms with Crippen molar-refractivity contribution in [2.45, 2.75) is 19.4 Å². The summed E-state index contributed by atoms with van der Waals surface area (Å²) in [6.45, 7) is 2.33. The van der Waals surface area contributed by atoms with Crippen LogP contribution >= 0.6 is 23.2 Å². The Morgan fingerprint density at radius 1 is 1.19 bits per heavy atom. The van der Waals surface area contributed by atoms with Crippen LogP contribution in [-0.4, -0.2) is 35.0 Å². The predicted octanol–water partition coefficient (Wildman–Crippen LogP) is 1.70. The van der Waals surface area contributed by atoms with Crippen molar-refractivity contribution in [3.63, 3.8) is 0 Å². The van der Waals surface area contributed by atoms with Gasteiger partial charge < -0.3 is 15.7 Å². The lowest BCUT2D eigenvalue weighted by Crippen LogP contribution is -2.52. The molecule has 0 aliphatic heterocycles. The minimum absolute atomic E-state index is 0.223. The number of hydrogen-bond donors (Lipinski definition) is 3. The quantitative estimate of drug-likeness (QED) is 0.764. The van der Waals surface area contributed by atoms with Gasteiger partial charge in [0, 0.05) is 5.56 Å². The molecule has 1 rings (SSSR count). The third-order valence-corrected chi connectivity index (χ3v) is 3.32. The molecular weight excluding hydrogens is 319 g/mol. The summed E-state index contributed by atoms with van der Waals surface area (Å²) in [4.78, 5) is 34.2. The molecule has 0 aromatic heterocycles. The summed E-state index contributed by atoms with van der Waals surface area (Å²) in [5, 5.41) is 14.1. The Morgan fingerprint density at radius 3 is 2.33 bits per heavy atom. The molecule has 0 spiro atoms. The van der Waals surface area contributed by atoms with Gasteiger partial charge in [-0.15, -0.1) is 0 Å². The van der Waals surface area contributed by atoms with Crippen LogP contribution in [0.5, 0.6) is 0 Å². The molecule has 114 valence electrons. The summed E-state index contributed by atoms with van der Waals surface area (Å²) in [7, 11) is 0. The maximum atomic E-state index is 11.8. The van der Waals surface area contributed by atoms with E-state index in [4.69, 9.17) is 28.3 Å². The number of aliphatic carboxylic acids is 1. The second kappa shape index (κ2) is 6.78. The summed E-state index contributed by atoms with van der Waals surface area (Å²) < 4.78 is 0. The van der Waals surface area contributed by atoms with E-state index in [2.05, 4.69) is 10.6 Å². The van der Waals surface area contributed by atoms with Crippen molar-refractivity contribution in [2.24, 2.45) is 0 Å². The van der Waals surface area contributed by atoms with Gasteiger partial charge in [-0.3, -0.25) is 9.59 Å². The van der Waals surface area contributed by atoms with E-state index >= 15 is 0 Å². The molecule has 0 heterocycles. The van der Waals surface area contributed by atoms with E-state index in [0.717, 1.165) is 0 Å². The third kappa shape index (κ3) is 4.91. The first-order valence-corrected chi connectivity index (χ1v) is 6.67. The Bertz CT molecular complexity index is 588. The van der Waals surface area contributed by atoms with Crippen molar-refractivity contribution in [3.05, 3.63) is 33.8 Å². The van der Waals surface area contributed by atoms with Crippen molar-refractivity contribution >= 4 is 41.0 Å². The minimum Gasteiger partial charge on any atom is -0.480 e. The number of hydrogen-bond acceptors (Lipinski definition) is 3. The van der Waals surface area contributed by atoms with Gasteiger partial charge in [-0.25, -0.2) is 4.79 Å². The molecule has 6 nitrogen and oxygen atoms in total. The maximum absolute atomic E-state index is 11.8. The Labute approximate surface area is 131 Å². The van der Waals surface area contributed by atoms with E-state index in [-0.39, 0.29) is 17.1 Å². The highest BCUT2D eigenvalue weighted by atomic mass is 35.5. The number of carbonyl (C=O) groups excluding carboxylic acids is 2. The molecule has 0 bridgehead atoms. The Hall–Kier alpha value is -1.79. The normalized spacial score (nSPS) is 10.9. The van der Waals surface area contributed by atoms with Gasteiger partial charge >= 0.3 is 5.97 Å². The molecule has 8 heteroatoms. The van der Waals surface area contributed by atoms with Crippen LogP contribution in [0.1, 0.15) is 24.2 Å². The number of halogens is 2. The first-order valence-electron chi connectivity index (χ1n) is 5.91. The van der Waals surface area contributed by atoms with E-state index in [1.54, 1.807) is 0 Å². The largest absolute Gasteiger partial charge is 0.480 e. The smallest absolute Gasteiger partial charge is 0.328 e. The summed E-state index contributed by atoms with van der Waals surface area (Å²) in [6.07, 6.45) is 0. The highest BCUT2D eigenvalue weighted by molar-refractivity contribution is 6.42. The van der Waals surface area contributed by atoms with Gasteiger partial charge in [0.15, 0.2) is 0 Å². The molecule has 0 radical (unpaired) electrons. The van der Waals surface area contributed by atoms with Crippen molar-refractivity contribution in [1.29, 1.82) is 0 Å². The lowest BCUT2D eigenvalue weighted by atomic mass is 10.1. The fourth-order valence-corrected chi connectivity index (χ4v) is 1.64. The summed E-state index contributed by atoms with van der Waals surface area (Å²) in [6, 6.07) is 4.30. The van der Waals surface area contributed by atoms with Gasteiger partial charge in [0.1, 0.15) is 5.54 Å². The molecule has 21 heavy (non-hydrogen) atoms. The van der Waals surface area contributed by atoms with Crippen LogP contribution in [0.3, 0.4) is 0 Å². The van der Waals surface area contributed by atoms with Crippen LogP contribution in [0.2, 0.25) is 10.0 Å². The molecule has 0 atom stereocenters. The summed E-state index contributed by atoms with van der Waals surface area (Å²) in [5.74, 6) is -2.31. The first-order chi connectivity index (χ1) is 9.63. The van der Waals surface area contributed by atoms with E-state index < -0.39 is 23.3 Å². The van der Waals surface area contributed by atoms with Crippen LogP contribution in [0.15, 0.2) is 18.2 Å². The SMILES string of the molecule is CC(C)(NC(=O)CNC(=O)c1ccc(Cl)c(Cl)c1)C(=O)O. The van der Waals surface area contributed by atoms with E-state index in [1.165, 1.54) is 32.0 Å². The van der Waals surface area contributed by atoms with Crippen molar-refractivity contribution in [1.82, 2.24) is 10.6 Å². The number of amides is 2. The fraction of sp³-hybridized carbons (Fsp3) is 0.308. The topological polar surface area (TPSA) is 95.5 Å². The van der Waals surface area contributed by atoms with Gasteiger partial charge in [0.05, 0.1) is 16.6 Å². The van der Waals surface area contributed by atoms with Crippen LogP contribution < -0.4 is 10.6 Å². The van der Waals surface area contributed by atoms with Crippen LogP contribution in [0, 0.1) is 0 Å². The summed E-state index contributed by atoms with van der Waals surface area (Å²) in [5.41, 5.74) is -1.17. The van der Waals surface area contributed by atoms with Gasteiger partial charge in [-0.2, -0.15) is 0 Å². The molecule has 3 N–H and O–H groups in total. The van der Waals surface area contributed by atoms with E-state index in [1.807, 2.05) is 0 Å². The van der Waals surface area contributed by atoms with Gasteiger partial charge in [0.2, 0.25) is 5.91 Å². The molecule has 0 saturated heterocycles. The van der Waals surface area contributed by atoms with Gasteiger partial charge in [0.25, 0.3) is 5.91 Å². The standard InChI is InChI=1S/C13H14Cl2N2O4/c1-13(2,12(20)21)17-10(18)6-16-11(19)7-3-4-8(14)9(15)5-7/h3-5H,6H2,1-2H3,(H,16,19)(H,17,18)(H,20,21). The summed E-state index contributed by atoms with van der Waals surface area (Å²) >= 11 is 11.5. The van der Waals surface area contributed by atoms with Crippen molar-refractivity contribution in [3.8, 4) is 0 Å². The number of benzene rings is 1. The molecule has 1 aromatic carbocycles. The molecule has 0 aliphatic rings. The van der Waals surface area contributed by atoms with Crippen molar-refractivity contribution in [2.75, 3.05) is 6.54 Å². The number of carbonyl (C=O) groups is 3. The van der Waals surface area contributed by atoms with Gasteiger partial charge in [-0.05, 0) is 32.0 Å². The number of carboxylic acid groups (broad SMARTS) is 1. The van der Waals surface area contributed by atoms with Crippen molar-refractivity contribution < 1.29 is 19.5 Å². The zero-order valence-electron chi connectivity index (χ0n) is 11.4. The van der Waals surface area contributed by atoms with E-state index in [9.17, 15) is 14.4 Å². The van der Waals surface area contributed by atoms with Crippen LogP contribution in [-0.2, 0) is 9.59 Å². The zero-order valence-corrected chi connectivity index (χ0v) is 12.9. The monoisotopic (exact) mass is 332 g/mol. The van der Waals surface area contributed by atoms with Gasteiger partial charge in [-0.1, -0.05) is 23.2 Å². The maximum Gasteiger partial charge on any atom is 0.328 e. The Morgan fingerprint density at radius 2 is 1.81 bits per heavy atom. The second-order valence-corrected chi connectivity index (χ2v) is 5.60. The Balaban J connectivity index is 2.59. The van der Waals surface area contributed by atoms with Crippen LogP contribution in [0.25, 0.3) is 0 Å². The molecule has 0 aliphatic carbocycles. The highest BCUT2D eigenvalue weighted by Crippen LogP contribution is 2.22. The third-order valence-electron chi connectivity index (χ3n) is 2.58. The molecule has 0 unspecified atom stereocenters. The number of carboxylic acids is 1.